The van der Waals surface area contributed by atoms with Gasteiger partial charge in [0.1, 0.15) is 12.1 Å². The van der Waals surface area contributed by atoms with Crippen LogP contribution in [0.15, 0.2) is 67.3 Å². The summed E-state index contributed by atoms with van der Waals surface area (Å²) in [7, 11) is 1.70. The van der Waals surface area contributed by atoms with Gasteiger partial charge in [0.2, 0.25) is 0 Å². The van der Waals surface area contributed by atoms with E-state index in [2.05, 4.69) is 56.2 Å². The van der Waals surface area contributed by atoms with E-state index in [-0.39, 0.29) is 12.6 Å². The maximum absolute atomic E-state index is 10.2. The van der Waals surface area contributed by atoms with Gasteiger partial charge in [0, 0.05) is 49.0 Å². The SMILES string of the molecule is COc1cccc(-c2ccc([C@H]3[C@H]4CN(Cc5cncnc5)CCCCN4[C@H]3CO)cc2)c1. The highest BCUT2D eigenvalue weighted by atomic mass is 16.5. The summed E-state index contributed by atoms with van der Waals surface area (Å²) in [5.41, 5.74) is 4.79. The zero-order valence-electron chi connectivity index (χ0n) is 19.2. The van der Waals surface area contributed by atoms with Gasteiger partial charge in [0.05, 0.1) is 13.7 Å². The summed E-state index contributed by atoms with van der Waals surface area (Å²) >= 11 is 0. The predicted octanol–water partition coefficient (Wildman–Crippen LogP) is 3.58. The van der Waals surface area contributed by atoms with E-state index < -0.39 is 0 Å². The minimum absolute atomic E-state index is 0.192. The highest BCUT2D eigenvalue weighted by Gasteiger charge is 2.49. The normalized spacial score (nSPS) is 23.8. The molecule has 2 aromatic carbocycles. The van der Waals surface area contributed by atoms with Crippen LogP contribution in [0.1, 0.15) is 29.9 Å². The van der Waals surface area contributed by atoms with Gasteiger partial charge in [-0.25, -0.2) is 9.97 Å². The van der Waals surface area contributed by atoms with E-state index in [0.717, 1.165) is 49.5 Å². The number of nitrogens with zero attached hydrogens (tertiary/aromatic N) is 4. The number of benzene rings is 2. The van der Waals surface area contributed by atoms with Crippen molar-refractivity contribution in [1.29, 1.82) is 0 Å². The Morgan fingerprint density at radius 1 is 1.00 bits per heavy atom. The Hall–Kier alpha value is -2.80. The Kier molecular flexibility index (Phi) is 6.67. The van der Waals surface area contributed by atoms with Crippen molar-refractivity contribution < 1.29 is 9.84 Å². The maximum Gasteiger partial charge on any atom is 0.119 e. The second kappa shape index (κ2) is 10.00. The molecule has 3 heterocycles. The lowest BCUT2D eigenvalue weighted by Gasteiger charge is -2.57. The molecule has 6 heteroatoms. The molecule has 1 aromatic heterocycles. The highest BCUT2D eigenvalue weighted by Crippen LogP contribution is 2.42. The summed E-state index contributed by atoms with van der Waals surface area (Å²) < 4.78 is 5.38. The Labute approximate surface area is 195 Å². The minimum Gasteiger partial charge on any atom is -0.497 e. The first-order chi connectivity index (χ1) is 16.3. The number of fused-ring (bicyclic) bond motifs is 1. The van der Waals surface area contributed by atoms with Crippen LogP contribution in [0.25, 0.3) is 11.1 Å². The number of aliphatic hydroxyl groups is 1. The average molecular weight is 445 g/mol. The number of hydrogen-bond donors (Lipinski definition) is 1. The third kappa shape index (κ3) is 4.64. The van der Waals surface area contributed by atoms with Crippen LogP contribution in [-0.4, -0.2) is 70.3 Å². The van der Waals surface area contributed by atoms with Gasteiger partial charge in [-0.1, -0.05) is 36.4 Å². The number of methoxy groups -OCH3 is 1. The van der Waals surface area contributed by atoms with Crippen molar-refractivity contribution in [2.75, 3.05) is 33.4 Å². The number of hydrogen-bond acceptors (Lipinski definition) is 6. The molecule has 2 saturated heterocycles. The third-order valence-electron chi connectivity index (χ3n) is 7.17. The molecule has 3 aromatic rings. The molecule has 172 valence electrons. The molecule has 0 spiro atoms. The van der Waals surface area contributed by atoms with Crippen LogP contribution in [0.4, 0.5) is 0 Å². The molecule has 5 rings (SSSR count). The Bertz CT molecular complexity index is 1040. The van der Waals surface area contributed by atoms with Gasteiger partial charge < -0.3 is 9.84 Å². The van der Waals surface area contributed by atoms with E-state index in [0.29, 0.717) is 12.0 Å². The Balaban J connectivity index is 1.36. The van der Waals surface area contributed by atoms with Crippen LogP contribution in [-0.2, 0) is 6.54 Å². The van der Waals surface area contributed by atoms with E-state index in [1.54, 1.807) is 13.4 Å². The zero-order chi connectivity index (χ0) is 22.6. The van der Waals surface area contributed by atoms with Crippen LogP contribution in [0, 0.1) is 0 Å². The largest absolute Gasteiger partial charge is 0.497 e. The van der Waals surface area contributed by atoms with Gasteiger partial charge in [-0.2, -0.15) is 0 Å². The molecule has 2 aliphatic rings. The van der Waals surface area contributed by atoms with Crippen molar-refractivity contribution in [3.8, 4) is 16.9 Å². The number of ether oxygens (including phenoxy) is 1. The van der Waals surface area contributed by atoms with E-state index in [1.165, 1.54) is 17.5 Å². The fraction of sp³-hybridized carbons (Fsp3) is 0.407. The van der Waals surface area contributed by atoms with Crippen molar-refractivity contribution in [3.05, 3.63) is 78.4 Å². The first-order valence-corrected chi connectivity index (χ1v) is 11.8. The molecule has 0 amide bonds. The van der Waals surface area contributed by atoms with E-state index in [1.807, 2.05) is 24.5 Å². The molecular weight excluding hydrogens is 412 g/mol. The lowest BCUT2D eigenvalue weighted by Crippen LogP contribution is -2.67. The summed E-state index contributed by atoms with van der Waals surface area (Å²) in [4.78, 5) is 13.4. The molecule has 0 unspecified atom stereocenters. The first-order valence-electron chi connectivity index (χ1n) is 11.8. The van der Waals surface area contributed by atoms with E-state index in [9.17, 15) is 5.11 Å². The highest BCUT2D eigenvalue weighted by molar-refractivity contribution is 5.65. The second-order valence-electron chi connectivity index (χ2n) is 9.12. The monoisotopic (exact) mass is 444 g/mol. The van der Waals surface area contributed by atoms with Crippen molar-refractivity contribution >= 4 is 0 Å². The second-order valence-corrected chi connectivity index (χ2v) is 9.12. The number of aliphatic hydroxyl groups excluding tert-OH is 1. The molecular formula is C27H32N4O2. The lowest BCUT2D eigenvalue weighted by atomic mass is 9.74. The van der Waals surface area contributed by atoms with Crippen LogP contribution >= 0.6 is 0 Å². The van der Waals surface area contributed by atoms with Crippen molar-refractivity contribution in [2.24, 2.45) is 0 Å². The fourth-order valence-corrected chi connectivity index (χ4v) is 5.53. The van der Waals surface area contributed by atoms with Crippen LogP contribution in [0.5, 0.6) is 5.75 Å². The molecule has 1 N–H and O–H groups in total. The third-order valence-corrected chi connectivity index (χ3v) is 7.17. The Morgan fingerprint density at radius 3 is 2.55 bits per heavy atom. The van der Waals surface area contributed by atoms with Gasteiger partial charge in [-0.3, -0.25) is 9.80 Å². The van der Waals surface area contributed by atoms with Gasteiger partial charge in [0.25, 0.3) is 0 Å². The molecule has 3 atom stereocenters. The van der Waals surface area contributed by atoms with Crippen LogP contribution in [0.3, 0.4) is 0 Å². The van der Waals surface area contributed by atoms with Gasteiger partial charge in [-0.15, -0.1) is 0 Å². The Morgan fingerprint density at radius 2 is 1.79 bits per heavy atom. The van der Waals surface area contributed by atoms with Gasteiger partial charge in [0.15, 0.2) is 0 Å². The first kappa shape index (κ1) is 22.0. The summed E-state index contributed by atoms with van der Waals surface area (Å²) in [6, 6.07) is 17.7. The van der Waals surface area contributed by atoms with Crippen molar-refractivity contribution in [1.82, 2.24) is 19.8 Å². The molecule has 0 radical (unpaired) electrons. The molecule has 2 aliphatic heterocycles. The number of rotatable bonds is 6. The quantitative estimate of drug-likeness (QED) is 0.627. The maximum atomic E-state index is 10.2. The molecule has 0 saturated carbocycles. The van der Waals surface area contributed by atoms with Crippen LogP contribution < -0.4 is 4.74 Å². The van der Waals surface area contributed by atoms with Crippen molar-refractivity contribution in [2.45, 2.75) is 37.4 Å². The summed E-state index contributed by atoms with van der Waals surface area (Å²) in [5.74, 6) is 1.20. The summed E-state index contributed by atoms with van der Waals surface area (Å²) in [6.45, 7) is 4.22. The molecule has 2 fully saturated rings. The zero-order valence-corrected chi connectivity index (χ0v) is 19.2. The minimum atomic E-state index is 0.192. The average Bonchev–Trinajstić information content (AvgIpc) is 2.85. The summed E-state index contributed by atoms with van der Waals surface area (Å²) in [5, 5.41) is 10.2. The standard InChI is InChI=1S/C27H32N4O2/c1-33-24-6-4-5-23(13-24)21-7-9-22(10-8-21)27-25-17-30(16-20-14-28-19-29-15-20)11-2-3-12-31(25)26(27)18-32/h4-10,13-15,19,25-27,32H,2-3,11-12,16-18H2,1H3/t25-,26+,27+/m1/s1. The van der Waals surface area contributed by atoms with E-state index in [4.69, 9.17) is 4.74 Å². The van der Waals surface area contributed by atoms with Gasteiger partial charge >= 0.3 is 0 Å². The molecule has 0 aliphatic carbocycles. The van der Waals surface area contributed by atoms with Crippen LogP contribution in [0.2, 0.25) is 0 Å². The van der Waals surface area contributed by atoms with Gasteiger partial charge in [-0.05, 0) is 54.8 Å². The summed E-state index contributed by atoms with van der Waals surface area (Å²) in [6.07, 6.45) is 7.75. The number of aromatic nitrogens is 2. The molecule has 6 nitrogen and oxygen atoms in total. The predicted molar refractivity (Wildman–Crippen MR) is 129 cm³/mol. The molecule has 33 heavy (non-hydrogen) atoms. The molecule has 0 bridgehead atoms. The topological polar surface area (TPSA) is 61.7 Å². The fourth-order valence-electron chi connectivity index (χ4n) is 5.53. The lowest BCUT2D eigenvalue weighted by molar-refractivity contribution is -0.0655. The smallest absolute Gasteiger partial charge is 0.119 e. The van der Waals surface area contributed by atoms with E-state index >= 15 is 0 Å². The van der Waals surface area contributed by atoms with Crippen molar-refractivity contribution in [3.63, 3.8) is 0 Å².